The van der Waals surface area contributed by atoms with Crippen LogP contribution in [-0.2, 0) is 13.2 Å². The van der Waals surface area contributed by atoms with Gasteiger partial charge >= 0.3 is 0 Å². The molecule has 0 saturated carbocycles. The number of hydrogen-bond donors (Lipinski definition) is 1. The topological polar surface area (TPSA) is 34.1 Å². The van der Waals surface area contributed by atoms with Gasteiger partial charge in [0, 0.05) is 23.3 Å². The molecule has 0 spiro atoms. The van der Waals surface area contributed by atoms with Crippen LogP contribution in [0.4, 0.5) is 0 Å². The van der Waals surface area contributed by atoms with Crippen molar-refractivity contribution in [3.05, 3.63) is 58.3 Å². The molecule has 0 unspecified atom stereocenters. The third-order valence-electron chi connectivity index (χ3n) is 2.78. The van der Waals surface area contributed by atoms with Crippen LogP contribution in [0.25, 0.3) is 0 Å². The lowest BCUT2D eigenvalue weighted by Gasteiger charge is -2.09. The summed E-state index contributed by atoms with van der Waals surface area (Å²) in [5.41, 5.74) is 2.11. The summed E-state index contributed by atoms with van der Waals surface area (Å²) in [4.78, 5) is 4.42. The fraction of sp³-hybridized carbons (Fsp3) is 0.312. The summed E-state index contributed by atoms with van der Waals surface area (Å²) in [5.74, 6) is 0.840. The molecule has 0 radical (unpaired) electrons. The monoisotopic (exact) mass is 334 g/mol. The zero-order chi connectivity index (χ0) is 14.4. The zero-order valence-corrected chi connectivity index (χ0v) is 13.4. The number of nitrogens with zero attached hydrogens (tertiary/aromatic N) is 1. The van der Waals surface area contributed by atoms with Gasteiger partial charge in [0.05, 0.1) is 5.69 Å². The maximum Gasteiger partial charge on any atom is 0.130 e. The fourth-order valence-electron chi connectivity index (χ4n) is 1.68. The summed E-state index contributed by atoms with van der Waals surface area (Å²) in [6.45, 7) is 5.59. The molecule has 1 aromatic carbocycles. The Morgan fingerprint density at radius 2 is 2.10 bits per heavy atom. The average molecular weight is 335 g/mol. The second-order valence-electron chi connectivity index (χ2n) is 4.94. The van der Waals surface area contributed by atoms with Gasteiger partial charge in [-0.15, -0.1) is 0 Å². The molecule has 4 heteroatoms. The molecule has 0 amide bonds. The summed E-state index contributed by atoms with van der Waals surface area (Å²) in [6, 6.07) is 12.4. The third-order valence-corrected chi connectivity index (χ3v) is 3.28. The fourth-order valence-corrected chi connectivity index (χ4v) is 2.06. The molecular weight excluding hydrogens is 316 g/mol. The van der Waals surface area contributed by atoms with Gasteiger partial charge in [-0.25, -0.2) is 0 Å². The van der Waals surface area contributed by atoms with Crippen LogP contribution < -0.4 is 10.1 Å². The van der Waals surface area contributed by atoms with Crippen LogP contribution in [0, 0.1) is 0 Å². The predicted molar refractivity (Wildman–Crippen MR) is 84.7 cm³/mol. The van der Waals surface area contributed by atoms with Crippen molar-refractivity contribution in [1.82, 2.24) is 10.3 Å². The first-order chi connectivity index (χ1) is 9.63. The number of pyridine rings is 1. The van der Waals surface area contributed by atoms with E-state index in [1.165, 1.54) is 5.56 Å². The molecule has 20 heavy (non-hydrogen) atoms. The van der Waals surface area contributed by atoms with Crippen LogP contribution in [0.1, 0.15) is 25.1 Å². The standard InChI is InChI=1S/C16H19BrN2O/c1-12(2)18-9-13-6-7-15(19-10-13)11-20-16-5-3-4-14(17)8-16/h3-8,10,12,18H,9,11H2,1-2H3. The molecule has 0 aliphatic carbocycles. The second-order valence-corrected chi connectivity index (χ2v) is 5.86. The number of ether oxygens (including phenoxy) is 1. The van der Waals surface area contributed by atoms with E-state index in [2.05, 4.69) is 46.1 Å². The summed E-state index contributed by atoms with van der Waals surface area (Å²) in [5, 5.41) is 3.37. The van der Waals surface area contributed by atoms with E-state index >= 15 is 0 Å². The number of rotatable bonds is 6. The highest BCUT2D eigenvalue weighted by Gasteiger charge is 2.00. The number of nitrogens with one attached hydrogen (secondary N) is 1. The highest BCUT2D eigenvalue weighted by molar-refractivity contribution is 9.10. The van der Waals surface area contributed by atoms with E-state index in [1.807, 2.05) is 36.5 Å². The zero-order valence-electron chi connectivity index (χ0n) is 11.8. The summed E-state index contributed by atoms with van der Waals surface area (Å²) in [7, 11) is 0. The van der Waals surface area contributed by atoms with Gasteiger partial charge in [-0.05, 0) is 29.8 Å². The number of halogens is 1. The van der Waals surface area contributed by atoms with Crippen molar-refractivity contribution in [1.29, 1.82) is 0 Å². The van der Waals surface area contributed by atoms with Crippen molar-refractivity contribution in [2.45, 2.75) is 33.0 Å². The van der Waals surface area contributed by atoms with Crippen LogP contribution in [0.5, 0.6) is 5.75 Å². The normalized spacial score (nSPS) is 10.8. The van der Waals surface area contributed by atoms with E-state index in [0.29, 0.717) is 12.6 Å². The minimum Gasteiger partial charge on any atom is -0.487 e. The molecule has 2 aromatic rings. The van der Waals surface area contributed by atoms with Crippen LogP contribution in [0.15, 0.2) is 47.1 Å². The minimum atomic E-state index is 0.480. The largest absolute Gasteiger partial charge is 0.487 e. The van der Waals surface area contributed by atoms with Gasteiger partial charge in [0.15, 0.2) is 0 Å². The quantitative estimate of drug-likeness (QED) is 0.869. The molecule has 0 aliphatic heterocycles. The van der Waals surface area contributed by atoms with Crippen LogP contribution in [0.3, 0.4) is 0 Å². The molecule has 2 rings (SSSR count). The van der Waals surface area contributed by atoms with Crippen molar-refractivity contribution < 1.29 is 4.74 Å². The van der Waals surface area contributed by atoms with E-state index in [-0.39, 0.29) is 0 Å². The van der Waals surface area contributed by atoms with Crippen molar-refractivity contribution in [3.8, 4) is 5.75 Å². The average Bonchev–Trinajstić information content (AvgIpc) is 2.44. The van der Waals surface area contributed by atoms with E-state index in [4.69, 9.17) is 4.74 Å². The molecule has 0 fully saturated rings. The first-order valence-electron chi connectivity index (χ1n) is 6.69. The maximum atomic E-state index is 5.70. The van der Waals surface area contributed by atoms with Crippen LogP contribution in [-0.4, -0.2) is 11.0 Å². The van der Waals surface area contributed by atoms with Crippen molar-refractivity contribution >= 4 is 15.9 Å². The van der Waals surface area contributed by atoms with Gasteiger partial charge in [-0.1, -0.05) is 41.9 Å². The van der Waals surface area contributed by atoms with Gasteiger partial charge in [-0.2, -0.15) is 0 Å². The highest BCUT2D eigenvalue weighted by atomic mass is 79.9. The molecule has 3 nitrogen and oxygen atoms in total. The minimum absolute atomic E-state index is 0.480. The molecule has 0 saturated heterocycles. The van der Waals surface area contributed by atoms with Crippen molar-refractivity contribution in [3.63, 3.8) is 0 Å². The first-order valence-corrected chi connectivity index (χ1v) is 7.48. The van der Waals surface area contributed by atoms with E-state index in [1.54, 1.807) is 0 Å². The van der Waals surface area contributed by atoms with Gasteiger partial charge < -0.3 is 10.1 Å². The van der Waals surface area contributed by atoms with Crippen LogP contribution >= 0.6 is 15.9 Å². The Labute approximate surface area is 128 Å². The van der Waals surface area contributed by atoms with Crippen molar-refractivity contribution in [2.75, 3.05) is 0 Å². The Morgan fingerprint density at radius 1 is 1.25 bits per heavy atom. The van der Waals surface area contributed by atoms with Crippen LogP contribution in [0.2, 0.25) is 0 Å². The van der Waals surface area contributed by atoms with E-state index < -0.39 is 0 Å². The lowest BCUT2D eigenvalue weighted by molar-refractivity contribution is 0.301. The smallest absolute Gasteiger partial charge is 0.130 e. The lowest BCUT2D eigenvalue weighted by Crippen LogP contribution is -2.21. The molecule has 1 N–H and O–H groups in total. The van der Waals surface area contributed by atoms with E-state index in [9.17, 15) is 0 Å². The third kappa shape index (κ3) is 4.94. The molecule has 106 valence electrons. The Hall–Kier alpha value is -1.39. The lowest BCUT2D eigenvalue weighted by atomic mass is 10.2. The maximum absolute atomic E-state index is 5.70. The molecule has 0 bridgehead atoms. The number of benzene rings is 1. The van der Waals surface area contributed by atoms with Gasteiger partial charge in [0.2, 0.25) is 0 Å². The van der Waals surface area contributed by atoms with Gasteiger partial charge in [-0.3, -0.25) is 4.98 Å². The molecule has 0 atom stereocenters. The van der Waals surface area contributed by atoms with Crippen molar-refractivity contribution in [2.24, 2.45) is 0 Å². The highest BCUT2D eigenvalue weighted by Crippen LogP contribution is 2.18. The molecule has 0 aliphatic rings. The Balaban J connectivity index is 1.87. The predicted octanol–water partition coefficient (Wildman–Crippen LogP) is 3.92. The summed E-state index contributed by atoms with van der Waals surface area (Å²) < 4.78 is 6.71. The molecule has 1 heterocycles. The molecular formula is C16H19BrN2O. The first kappa shape index (κ1) is 15.0. The summed E-state index contributed by atoms with van der Waals surface area (Å²) in [6.07, 6.45) is 1.90. The Morgan fingerprint density at radius 3 is 2.75 bits per heavy atom. The molecule has 1 aromatic heterocycles. The summed E-state index contributed by atoms with van der Waals surface area (Å²) >= 11 is 3.42. The van der Waals surface area contributed by atoms with Gasteiger partial charge in [0.25, 0.3) is 0 Å². The Bertz CT molecular complexity index is 540. The Kier molecular flexibility index (Phi) is 5.56. The number of aromatic nitrogens is 1. The number of hydrogen-bond acceptors (Lipinski definition) is 3. The SMILES string of the molecule is CC(C)NCc1ccc(COc2cccc(Br)c2)nc1. The van der Waals surface area contributed by atoms with E-state index in [0.717, 1.165) is 22.5 Å². The van der Waals surface area contributed by atoms with Gasteiger partial charge in [0.1, 0.15) is 12.4 Å². The second kappa shape index (κ2) is 7.41.